The highest BCUT2D eigenvalue weighted by molar-refractivity contribution is 5.62. The van der Waals surface area contributed by atoms with Crippen molar-refractivity contribution in [3.8, 4) is 0 Å². The maximum atomic E-state index is 9.00. The lowest BCUT2D eigenvalue weighted by Crippen LogP contribution is -2.40. The van der Waals surface area contributed by atoms with Crippen LogP contribution in [0.5, 0.6) is 0 Å². The lowest BCUT2D eigenvalue weighted by atomic mass is 10.9. The zero-order valence-corrected chi connectivity index (χ0v) is 4.06. The SMILES string of the molecule is CC(=O)O.C[NH3+]. The zero-order chi connectivity index (χ0) is 5.58. The maximum absolute atomic E-state index is 9.00. The molecule has 0 saturated heterocycles. The van der Waals surface area contributed by atoms with E-state index in [0.717, 1.165) is 6.92 Å². The fraction of sp³-hybridized carbons (Fsp3) is 0.667. The van der Waals surface area contributed by atoms with E-state index in [2.05, 4.69) is 5.73 Å². The minimum Gasteiger partial charge on any atom is -0.481 e. The fourth-order valence-electron chi connectivity index (χ4n) is 0. The van der Waals surface area contributed by atoms with Gasteiger partial charge in [-0.15, -0.1) is 0 Å². The highest BCUT2D eigenvalue weighted by Gasteiger charge is 1.65. The summed E-state index contributed by atoms with van der Waals surface area (Å²) in [7, 11) is 1.75. The molecule has 0 atom stereocenters. The lowest BCUT2D eigenvalue weighted by molar-refractivity contribution is -0.325. The van der Waals surface area contributed by atoms with Gasteiger partial charge in [-0.05, 0) is 0 Å². The number of carbonyl (C=O) groups is 1. The average Bonchev–Trinajstić information content (AvgIpc) is 1.41. The zero-order valence-electron chi connectivity index (χ0n) is 4.06. The van der Waals surface area contributed by atoms with Gasteiger partial charge in [-0.2, -0.15) is 0 Å². The molecule has 0 radical (unpaired) electrons. The first-order valence-corrected chi connectivity index (χ1v) is 1.63. The molecule has 38 valence electrons. The smallest absolute Gasteiger partial charge is 0.300 e. The molecule has 0 aromatic rings. The number of rotatable bonds is 0. The Morgan fingerprint density at radius 1 is 1.67 bits per heavy atom. The molecule has 0 amide bonds. The van der Waals surface area contributed by atoms with Gasteiger partial charge in [0.25, 0.3) is 5.97 Å². The molecule has 0 saturated carbocycles. The Kier molecular flexibility index (Phi) is 13.3. The van der Waals surface area contributed by atoms with Crippen molar-refractivity contribution < 1.29 is 15.6 Å². The Morgan fingerprint density at radius 2 is 1.67 bits per heavy atom. The second-order valence-electron chi connectivity index (χ2n) is 0.519. The summed E-state index contributed by atoms with van der Waals surface area (Å²) in [5, 5.41) is 7.42. The van der Waals surface area contributed by atoms with Crippen LogP contribution in [0.2, 0.25) is 0 Å². The molecule has 0 aliphatic rings. The first kappa shape index (κ1) is 9.06. The van der Waals surface area contributed by atoms with Crippen LogP contribution in [-0.2, 0) is 4.79 Å². The maximum Gasteiger partial charge on any atom is 0.300 e. The fourth-order valence-corrected chi connectivity index (χ4v) is 0. The molecule has 0 aromatic carbocycles. The Labute approximate surface area is 36.8 Å². The predicted octanol–water partition coefficient (Wildman–Crippen LogP) is -1.05. The summed E-state index contributed by atoms with van der Waals surface area (Å²) in [6.07, 6.45) is 0. The third-order valence-corrected chi connectivity index (χ3v) is 0. The van der Waals surface area contributed by atoms with Crippen molar-refractivity contribution in [3.05, 3.63) is 0 Å². The molecule has 0 aromatic heterocycles. The van der Waals surface area contributed by atoms with Crippen molar-refractivity contribution in [2.75, 3.05) is 7.05 Å². The van der Waals surface area contributed by atoms with E-state index in [4.69, 9.17) is 9.90 Å². The van der Waals surface area contributed by atoms with Crippen LogP contribution >= 0.6 is 0 Å². The number of carboxylic acids is 1. The summed E-state index contributed by atoms with van der Waals surface area (Å²) in [6, 6.07) is 0. The van der Waals surface area contributed by atoms with Gasteiger partial charge in [0.2, 0.25) is 0 Å². The van der Waals surface area contributed by atoms with Crippen molar-refractivity contribution in [1.82, 2.24) is 0 Å². The summed E-state index contributed by atoms with van der Waals surface area (Å²) in [4.78, 5) is 9.00. The van der Waals surface area contributed by atoms with Crippen molar-refractivity contribution >= 4 is 5.97 Å². The second-order valence-corrected chi connectivity index (χ2v) is 0.519. The predicted molar refractivity (Wildman–Crippen MR) is 22.1 cm³/mol. The summed E-state index contributed by atoms with van der Waals surface area (Å²) in [5.41, 5.74) is 3.25. The third kappa shape index (κ3) is 62.3. The van der Waals surface area contributed by atoms with Crippen LogP contribution in [-0.4, -0.2) is 18.1 Å². The van der Waals surface area contributed by atoms with E-state index < -0.39 is 5.97 Å². The van der Waals surface area contributed by atoms with Crippen molar-refractivity contribution in [3.63, 3.8) is 0 Å². The van der Waals surface area contributed by atoms with Gasteiger partial charge in [0, 0.05) is 6.92 Å². The summed E-state index contributed by atoms with van der Waals surface area (Å²) in [6.45, 7) is 1.08. The first-order valence-electron chi connectivity index (χ1n) is 1.63. The highest BCUT2D eigenvalue weighted by atomic mass is 16.4. The lowest BCUT2D eigenvalue weighted by Gasteiger charge is -1.59. The van der Waals surface area contributed by atoms with Gasteiger partial charge in [-0.3, -0.25) is 4.79 Å². The standard InChI is InChI=1S/C2H4O2.CH5N/c1-2(3)4;1-2/h1H3,(H,3,4);2H2,1H3/p+1. The molecule has 0 aliphatic heterocycles. The van der Waals surface area contributed by atoms with E-state index in [0.29, 0.717) is 0 Å². The molecule has 0 rings (SSSR count). The van der Waals surface area contributed by atoms with Crippen LogP contribution in [0.15, 0.2) is 0 Å². The van der Waals surface area contributed by atoms with Crippen LogP contribution in [0.3, 0.4) is 0 Å². The van der Waals surface area contributed by atoms with Gasteiger partial charge in [-0.1, -0.05) is 0 Å². The van der Waals surface area contributed by atoms with E-state index in [1.807, 2.05) is 0 Å². The number of quaternary nitrogens is 1. The van der Waals surface area contributed by atoms with Crippen LogP contribution in [0.1, 0.15) is 6.92 Å². The molecule has 3 nitrogen and oxygen atoms in total. The van der Waals surface area contributed by atoms with Crippen LogP contribution in [0, 0.1) is 0 Å². The van der Waals surface area contributed by atoms with Gasteiger partial charge in [0.1, 0.15) is 0 Å². The van der Waals surface area contributed by atoms with E-state index in [-0.39, 0.29) is 0 Å². The topological polar surface area (TPSA) is 64.9 Å². The minimum atomic E-state index is -0.833. The molecule has 0 fully saturated rings. The molecular formula is C3H10NO2+. The highest BCUT2D eigenvalue weighted by Crippen LogP contribution is 1.42. The summed E-state index contributed by atoms with van der Waals surface area (Å²) >= 11 is 0. The number of aliphatic carboxylic acids is 1. The van der Waals surface area contributed by atoms with Gasteiger partial charge in [0.05, 0.1) is 7.05 Å². The van der Waals surface area contributed by atoms with Gasteiger partial charge in [0.15, 0.2) is 0 Å². The van der Waals surface area contributed by atoms with E-state index in [1.54, 1.807) is 7.05 Å². The largest absolute Gasteiger partial charge is 0.481 e. The summed E-state index contributed by atoms with van der Waals surface area (Å²) < 4.78 is 0. The number of hydrogen-bond donors (Lipinski definition) is 2. The molecule has 0 bridgehead atoms. The van der Waals surface area contributed by atoms with Crippen LogP contribution in [0.4, 0.5) is 0 Å². The quantitative estimate of drug-likeness (QED) is 0.400. The molecular weight excluding hydrogens is 82.0 g/mol. The molecule has 0 spiro atoms. The first-order chi connectivity index (χ1) is 2.73. The normalized spacial score (nSPS) is 5.17. The monoisotopic (exact) mass is 92.1 g/mol. The Bertz CT molecular complexity index is 31.8. The molecule has 4 N–H and O–H groups in total. The van der Waals surface area contributed by atoms with Crippen LogP contribution < -0.4 is 5.73 Å². The average molecular weight is 92.1 g/mol. The Hall–Kier alpha value is -0.570. The number of carboxylic acid groups (broad SMARTS) is 1. The molecule has 0 unspecified atom stereocenters. The van der Waals surface area contributed by atoms with E-state index in [1.165, 1.54) is 0 Å². The van der Waals surface area contributed by atoms with Gasteiger partial charge in [-0.25, -0.2) is 0 Å². The molecule has 3 heteroatoms. The molecule has 6 heavy (non-hydrogen) atoms. The van der Waals surface area contributed by atoms with E-state index in [9.17, 15) is 0 Å². The van der Waals surface area contributed by atoms with Crippen molar-refractivity contribution in [2.24, 2.45) is 0 Å². The third-order valence-electron chi connectivity index (χ3n) is 0. The van der Waals surface area contributed by atoms with E-state index >= 15 is 0 Å². The van der Waals surface area contributed by atoms with Crippen LogP contribution in [0.25, 0.3) is 0 Å². The minimum absolute atomic E-state index is 0.833. The van der Waals surface area contributed by atoms with Gasteiger partial charge >= 0.3 is 0 Å². The Balaban J connectivity index is 0. The van der Waals surface area contributed by atoms with Crippen molar-refractivity contribution in [2.45, 2.75) is 6.92 Å². The Morgan fingerprint density at radius 3 is 1.67 bits per heavy atom. The second kappa shape index (κ2) is 8.83. The molecule has 0 aliphatic carbocycles. The number of hydrogen-bond acceptors (Lipinski definition) is 1. The summed E-state index contributed by atoms with van der Waals surface area (Å²) in [5.74, 6) is -0.833. The van der Waals surface area contributed by atoms with Crippen molar-refractivity contribution in [1.29, 1.82) is 0 Å². The van der Waals surface area contributed by atoms with Gasteiger partial charge < -0.3 is 10.8 Å². The molecule has 0 heterocycles.